The molecule has 1 aliphatic carbocycles. The van der Waals surface area contributed by atoms with Gasteiger partial charge in [-0.1, -0.05) is 0 Å². The number of aryl methyl sites for hydroxylation is 1. The van der Waals surface area contributed by atoms with Crippen molar-refractivity contribution < 1.29 is 14.6 Å². The summed E-state index contributed by atoms with van der Waals surface area (Å²) in [4.78, 5) is 4.37. The zero-order valence-electron chi connectivity index (χ0n) is 11.1. The van der Waals surface area contributed by atoms with Crippen molar-refractivity contribution in [3.8, 4) is 5.88 Å². The van der Waals surface area contributed by atoms with Gasteiger partial charge in [0.05, 0.1) is 12.7 Å². The Hall–Kier alpha value is -1.13. The molecule has 0 amide bonds. The molecular formula is C14H21NO3. The smallest absolute Gasteiger partial charge is 0.213 e. The number of aromatic nitrogens is 1. The molecule has 0 radical (unpaired) electrons. The highest BCUT2D eigenvalue weighted by molar-refractivity contribution is 5.24. The lowest BCUT2D eigenvalue weighted by Gasteiger charge is -2.28. The number of hydrogen-bond acceptors (Lipinski definition) is 4. The second kappa shape index (κ2) is 6.16. The molecule has 0 aliphatic heterocycles. The predicted octanol–water partition coefficient (Wildman–Crippen LogP) is 2.22. The van der Waals surface area contributed by atoms with Gasteiger partial charge in [-0.05, 0) is 37.8 Å². The minimum atomic E-state index is 0.0221. The Balaban J connectivity index is 1.98. The van der Waals surface area contributed by atoms with Crippen LogP contribution < -0.4 is 4.74 Å². The first-order chi connectivity index (χ1) is 8.72. The summed E-state index contributed by atoms with van der Waals surface area (Å²) in [6.07, 6.45) is 4.74. The third kappa shape index (κ3) is 3.21. The lowest BCUT2D eigenvalue weighted by atomic mass is 9.95. The topological polar surface area (TPSA) is 51.6 Å². The van der Waals surface area contributed by atoms with E-state index in [1.165, 1.54) is 0 Å². The average molecular weight is 251 g/mol. The normalized spacial score (nSPS) is 23.9. The van der Waals surface area contributed by atoms with Crippen LogP contribution in [0.1, 0.15) is 36.9 Å². The van der Waals surface area contributed by atoms with E-state index in [9.17, 15) is 0 Å². The molecule has 1 saturated carbocycles. The number of aliphatic hydroxyl groups is 1. The van der Waals surface area contributed by atoms with Gasteiger partial charge in [0, 0.05) is 25.3 Å². The molecule has 0 bridgehead atoms. The quantitative estimate of drug-likeness (QED) is 0.891. The van der Waals surface area contributed by atoms with E-state index in [2.05, 4.69) is 4.98 Å². The summed E-state index contributed by atoms with van der Waals surface area (Å²) in [5.74, 6) is 0.645. The third-order valence-electron chi connectivity index (χ3n) is 3.54. The van der Waals surface area contributed by atoms with Crippen LogP contribution in [-0.4, -0.2) is 29.4 Å². The van der Waals surface area contributed by atoms with Crippen molar-refractivity contribution in [2.24, 2.45) is 0 Å². The Morgan fingerprint density at radius 3 is 2.78 bits per heavy atom. The van der Waals surface area contributed by atoms with E-state index in [4.69, 9.17) is 14.6 Å². The summed E-state index contributed by atoms with van der Waals surface area (Å²) < 4.78 is 11.3. The first-order valence-electron chi connectivity index (χ1n) is 6.49. The van der Waals surface area contributed by atoms with Crippen molar-refractivity contribution in [2.45, 2.75) is 51.4 Å². The van der Waals surface area contributed by atoms with Crippen LogP contribution in [0.5, 0.6) is 5.88 Å². The molecule has 4 nitrogen and oxygen atoms in total. The van der Waals surface area contributed by atoms with E-state index >= 15 is 0 Å². The molecule has 4 heteroatoms. The molecule has 1 N–H and O–H groups in total. The van der Waals surface area contributed by atoms with Crippen molar-refractivity contribution >= 4 is 0 Å². The maximum absolute atomic E-state index is 9.10. The maximum atomic E-state index is 9.10. The van der Waals surface area contributed by atoms with Gasteiger partial charge in [0.1, 0.15) is 6.10 Å². The second-order valence-corrected chi connectivity index (χ2v) is 4.82. The molecule has 0 spiro atoms. The molecular weight excluding hydrogens is 230 g/mol. The van der Waals surface area contributed by atoms with Crippen molar-refractivity contribution in [3.63, 3.8) is 0 Å². The van der Waals surface area contributed by atoms with Gasteiger partial charge in [-0.3, -0.25) is 0 Å². The van der Waals surface area contributed by atoms with E-state index in [1.807, 2.05) is 19.1 Å². The zero-order chi connectivity index (χ0) is 13.0. The van der Waals surface area contributed by atoms with Gasteiger partial charge >= 0.3 is 0 Å². The maximum Gasteiger partial charge on any atom is 0.213 e. The Morgan fingerprint density at radius 1 is 1.33 bits per heavy atom. The fourth-order valence-electron chi connectivity index (χ4n) is 2.39. The number of nitrogens with zero attached hydrogens (tertiary/aromatic N) is 1. The monoisotopic (exact) mass is 251 g/mol. The lowest BCUT2D eigenvalue weighted by molar-refractivity contribution is 0.0194. The predicted molar refractivity (Wildman–Crippen MR) is 68.6 cm³/mol. The van der Waals surface area contributed by atoms with Crippen LogP contribution in [0.3, 0.4) is 0 Å². The van der Waals surface area contributed by atoms with Crippen LogP contribution in [-0.2, 0) is 11.3 Å². The number of rotatable bonds is 4. The van der Waals surface area contributed by atoms with E-state index in [1.54, 1.807) is 7.11 Å². The number of hydrogen-bond donors (Lipinski definition) is 1. The van der Waals surface area contributed by atoms with Crippen LogP contribution in [0.4, 0.5) is 0 Å². The zero-order valence-corrected chi connectivity index (χ0v) is 11.1. The third-order valence-corrected chi connectivity index (χ3v) is 3.54. The molecule has 0 saturated heterocycles. The van der Waals surface area contributed by atoms with Crippen LogP contribution >= 0.6 is 0 Å². The van der Waals surface area contributed by atoms with Gasteiger partial charge in [-0.2, -0.15) is 0 Å². The highest BCUT2D eigenvalue weighted by Crippen LogP contribution is 2.24. The molecule has 18 heavy (non-hydrogen) atoms. The van der Waals surface area contributed by atoms with Gasteiger partial charge in [0.15, 0.2) is 0 Å². The van der Waals surface area contributed by atoms with E-state index in [-0.39, 0.29) is 12.7 Å². The summed E-state index contributed by atoms with van der Waals surface area (Å²) >= 11 is 0. The summed E-state index contributed by atoms with van der Waals surface area (Å²) in [5, 5.41) is 9.10. The number of ether oxygens (including phenoxy) is 2. The summed E-state index contributed by atoms with van der Waals surface area (Å²) in [6.45, 7) is 1.91. The van der Waals surface area contributed by atoms with Gasteiger partial charge in [0.25, 0.3) is 0 Å². The molecule has 1 aliphatic rings. The van der Waals surface area contributed by atoms with E-state index < -0.39 is 0 Å². The number of methoxy groups -OCH3 is 1. The lowest BCUT2D eigenvalue weighted by Crippen LogP contribution is -2.29. The molecule has 1 heterocycles. The Morgan fingerprint density at radius 2 is 2.11 bits per heavy atom. The second-order valence-electron chi connectivity index (χ2n) is 4.82. The first-order valence-corrected chi connectivity index (χ1v) is 6.49. The summed E-state index contributed by atoms with van der Waals surface area (Å²) in [6, 6.07) is 3.70. The van der Waals surface area contributed by atoms with E-state index in [0.29, 0.717) is 12.0 Å². The Kier molecular flexibility index (Phi) is 4.55. The average Bonchev–Trinajstić information content (AvgIpc) is 2.39. The van der Waals surface area contributed by atoms with Crippen LogP contribution in [0, 0.1) is 6.92 Å². The van der Waals surface area contributed by atoms with Crippen LogP contribution in [0.25, 0.3) is 0 Å². The molecule has 2 atom stereocenters. The number of aliphatic hydroxyl groups excluding tert-OH is 1. The number of pyridine rings is 1. The summed E-state index contributed by atoms with van der Waals surface area (Å²) in [7, 11) is 1.76. The molecule has 1 aromatic rings. The molecule has 100 valence electrons. The van der Waals surface area contributed by atoms with Gasteiger partial charge < -0.3 is 14.6 Å². The molecule has 1 fully saturated rings. The fourth-order valence-corrected chi connectivity index (χ4v) is 2.39. The van der Waals surface area contributed by atoms with E-state index in [0.717, 1.165) is 36.9 Å². The largest absolute Gasteiger partial charge is 0.474 e. The first kappa shape index (κ1) is 13.3. The minimum absolute atomic E-state index is 0.0221. The Bertz CT molecular complexity index is 395. The van der Waals surface area contributed by atoms with Gasteiger partial charge in [0.2, 0.25) is 5.88 Å². The Labute approximate surface area is 108 Å². The molecule has 1 aromatic heterocycles. The van der Waals surface area contributed by atoms with Crippen molar-refractivity contribution in [1.29, 1.82) is 0 Å². The SMILES string of the molecule is COC1CCCC(Oc2ccc(CO)c(C)n2)C1. The standard InChI is InChI=1S/C14H21NO3/c1-10-11(9-16)6-7-14(15-10)18-13-5-3-4-12(8-13)17-2/h6-7,12-13,16H,3-5,8-9H2,1-2H3. The highest BCUT2D eigenvalue weighted by Gasteiger charge is 2.23. The van der Waals surface area contributed by atoms with Gasteiger partial charge in [-0.15, -0.1) is 0 Å². The minimum Gasteiger partial charge on any atom is -0.474 e. The molecule has 0 aromatic carbocycles. The molecule has 2 rings (SSSR count). The van der Waals surface area contributed by atoms with Crippen LogP contribution in [0.15, 0.2) is 12.1 Å². The van der Waals surface area contributed by atoms with Crippen molar-refractivity contribution in [2.75, 3.05) is 7.11 Å². The van der Waals surface area contributed by atoms with Crippen molar-refractivity contribution in [1.82, 2.24) is 4.98 Å². The fraction of sp³-hybridized carbons (Fsp3) is 0.643. The molecule has 2 unspecified atom stereocenters. The van der Waals surface area contributed by atoms with Crippen molar-refractivity contribution in [3.05, 3.63) is 23.4 Å². The van der Waals surface area contributed by atoms with Gasteiger partial charge in [-0.25, -0.2) is 4.98 Å². The van der Waals surface area contributed by atoms with Crippen LogP contribution in [0.2, 0.25) is 0 Å². The summed E-state index contributed by atoms with van der Waals surface area (Å²) in [5.41, 5.74) is 1.68. The highest BCUT2D eigenvalue weighted by atomic mass is 16.5.